The third-order valence-corrected chi connectivity index (χ3v) is 5.12. The third-order valence-electron chi connectivity index (χ3n) is 5.12. The van der Waals surface area contributed by atoms with Gasteiger partial charge in [-0.1, -0.05) is 32.6 Å². The van der Waals surface area contributed by atoms with Crippen molar-refractivity contribution >= 4 is 11.9 Å². The first-order chi connectivity index (χ1) is 10.1. The number of hydrogen-bond acceptors (Lipinski definition) is 3. The van der Waals surface area contributed by atoms with Crippen LogP contribution in [0.2, 0.25) is 0 Å². The first-order valence-corrected chi connectivity index (χ1v) is 8.18. The van der Waals surface area contributed by atoms with Crippen LogP contribution in [0.15, 0.2) is 0 Å². The predicted molar refractivity (Wildman–Crippen MR) is 78.9 cm³/mol. The zero-order chi connectivity index (χ0) is 15.3. The third kappa shape index (κ3) is 3.96. The molecule has 1 aliphatic carbocycles. The van der Waals surface area contributed by atoms with Gasteiger partial charge in [0.25, 0.3) is 0 Å². The highest BCUT2D eigenvalue weighted by atomic mass is 16.5. The molecule has 5 nitrogen and oxygen atoms in total. The standard InChI is InChI=1S/C16H27NO4/c1-12(13-6-10-21-11-7-13)14(18)17-16(15(19)20)8-4-2-3-5-9-16/h12-13H,2-11H2,1H3,(H,17,18)(H,19,20). The summed E-state index contributed by atoms with van der Waals surface area (Å²) < 4.78 is 5.33. The van der Waals surface area contributed by atoms with Crippen LogP contribution in [0.3, 0.4) is 0 Å². The Kier molecular flexibility index (Phi) is 5.62. The van der Waals surface area contributed by atoms with Gasteiger partial charge in [-0.25, -0.2) is 4.79 Å². The van der Waals surface area contributed by atoms with Gasteiger partial charge in [-0.3, -0.25) is 4.79 Å². The fraction of sp³-hybridized carbons (Fsp3) is 0.875. The molecule has 1 amide bonds. The molecular formula is C16H27NO4. The minimum Gasteiger partial charge on any atom is -0.480 e. The van der Waals surface area contributed by atoms with E-state index in [0.717, 1.165) is 38.5 Å². The van der Waals surface area contributed by atoms with Crippen molar-refractivity contribution in [2.75, 3.05) is 13.2 Å². The molecule has 2 N–H and O–H groups in total. The Hall–Kier alpha value is -1.10. The number of ether oxygens (including phenoxy) is 1. The van der Waals surface area contributed by atoms with Crippen molar-refractivity contribution in [2.45, 2.75) is 63.8 Å². The Morgan fingerprint density at radius 2 is 1.71 bits per heavy atom. The van der Waals surface area contributed by atoms with E-state index in [1.807, 2.05) is 6.92 Å². The van der Waals surface area contributed by atoms with Crippen LogP contribution in [0, 0.1) is 11.8 Å². The fourth-order valence-corrected chi connectivity index (χ4v) is 3.50. The summed E-state index contributed by atoms with van der Waals surface area (Å²) in [5.41, 5.74) is -1.05. The van der Waals surface area contributed by atoms with Gasteiger partial charge in [0.2, 0.25) is 5.91 Å². The number of nitrogens with one attached hydrogen (secondary N) is 1. The highest BCUT2D eigenvalue weighted by Gasteiger charge is 2.41. The van der Waals surface area contributed by atoms with Crippen molar-refractivity contribution in [3.63, 3.8) is 0 Å². The first-order valence-electron chi connectivity index (χ1n) is 8.18. The molecular weight excluding hydrogens is 270 g/mol. The lowest BCUT2D eigenvalue weighted by molar-refractivity contribution is -0.149. The van der Waals surface area contributed by atoms with Gasteiger partial charge in [0.05, 0.1) is 0 Å². The maximum Gasteiger partial charge on any atom is 0.329 e. The Labute approximate surface area is 126 Å². The first kappa shape index (κ1) is 16.3. The quantitative estimate of drug-likeness (QED) is 0.781. The number of hydrogen-bond donors (Lipinski definition) is 2. The van der Waals surface area contributed by atoms with Gasteiger partial charge in [0, 0.05) is 19.1 Å². The molecule has 0 aromatic rings. The monoisotopic (exact) mass is 297 g/mol. The Morgan fingerprint density at radius 3 is 2.24 bits per heavy atom. The molecule has 1 saturated heterocycles. The van der Waals surface area contributed by atoms with E-state index in [1.165, 1.54) is 0 Å². The second kappa shape index (κ2) is 7.25. The molecule has 0 spiro atoms. The van der Waals surface area contributed by atoms with Crippen molar-refractivity contribution in [3.8, 4) is 0 Å². The van der Waals surface area contributed by atoms with Crippen LogP contribution in [0.1, 0.15) is 58.3 Å². The molecule has 0 aromatic heterocycles. The molecule has 1 atom stereocenters. The van der Waals surface area contributed by atoms with Gasteiger partial charge < -0.3 is 15.2 Å². The zero-order valence-electron chi connectivity index (χ0n) is 12.9. The van der Waals surface area contributed by atoms with Gasteiger partial charge in [-0.2, -0.15) is 0 Å². The molecule has 1 unspecified atom stereocenters. The van der Waals surface area contributed by atoms with E-state index >= 15 is 0 Å². The summed E-state index contributed by atoms with van der Waals surface area (Å²) in [5, 5.41) is 12.5. The van der Waals surface area contributed by atoms with Crippen molar-refractivity contribution in [1.82, 2.24) is 5.32 Å². The van der Waals surface area contributed by atoms with E-state index in [2.05, 4.69) is 5.32 Å². The maximum absolute atomic E-state index is 12.5. The van der Waals surface area contributed by atoms with Crippen LogP contribution in [0.4, 0.5) is 0 Å². The number of carbonyl (C=O) groups excluding carboxylic acids is 1. The Morgan fingerprint density at radius 1 is 1.14 bits per heavy atom. The van der Waals surface area contributed by atoms with Crippen LogP contribution >= 0.6 is 0 Å². The minimum absolute atomic E-state index is 0.105. The van der Waals surface area contributed by atoms with Crippen molar-refractivity contribution in [2.24, 2.45) is 11.8 Å². The average Bonchev–Trinajstić information content (AvgIpc) is 2.74. The van der Waals surface area contributed by atoms with E-state index in [-0.39, 0.29) is 11.8 Å². The van der Waals surface area contributed by atoms with Gasteiger partial charge in [-0.15, -0.1) is 0 Å². The molecule has 21 heavy (non-hydrogen) atoms. The van der Waals surface area contributed by atoms with Crippen LogP contribution in [-0.4, -0.2) is 35.7 Å². The molecule has 120 valence electrons. The summed E-state index contributed by atoms with van der Waals surface area (Å²) in [6.45, 7) is 3.32. The average molecular weight is 297 g/mol. The summed E-state index contributed by atoms with van der Waals surface area (Å²) in [5.74, 6) is -0.827. The maximum atomic E-state index is 12.5. The molecule has 2 fully saturated rings. The SMILES string of the molecule is CC(C(=O)NC1(C(=O)O)CCCCCC1)C1CCOCC1. The van der Waals surface area contributed by atoms with Crippen molar-refractivity contribution < 1.29 is 19.4 Å². The highest BCUT2D eigenvalue weighted by molar-refractivity contribution is 5.88. The molecule has 1 aliphatic heterocycles. The predicted octanol–water partition coefficient (Wildman–Crippen LogP) is 2.34. The summed E-state index contributed by atoms with van der Waals surface area (Å²) in [6, 6.07) is 0. The molecule has 1 heterocycles. The summed E-state index contributed by atoms with van der Waals surface area (Å²) in [6.07, 6.45) is 6.73. The Balaban J connectivity index is 2.01. The smallest absolute Gasteiger partial charge is 0.329 e. The van der Waals surface area contributed by atoms with Crippen LogP contribution < -0.4 is 5.32 Å². The van der Waals surface area contributed by atoms with Crippen molar-refractivity contribution in [1.29, 1.82) is 0 Å². The molecule has 5 heteroatoms. The topological polar surface area (TPSA) is 75.6 Å². The van der Waals surface area contributed by atoms with E-state index in [0.29, 0.717) is 32.0 Å². The van der Waals surface area contributed by atoms with Gasteiger partial charge in [0.1, 0.15) is 5.54 Å². The summed E-state index contributed by atoms with van der Waals surface area (Å²) in [4.78, 5) is 24.2. The number of carbonyl (C=O) groups is 2. The zero-order valence-corrected chi connectivity index (χ0v) is 12.9. The van der Waals surface area contributed by atoms with Gasteiger partial charge in [0.15, 0.2) is 0 Å². The lowest BCUT2D eigenvalue weighted by atomic mass is 9.84. The Bertz CT molecular complexity index is 368. The van der Waals surface area contributed by atoms with Crippen LogP contribution in [-0.2, 0) is 14.3 Å². The molecule has 0 aromatic carbocycles. The van der Waals surface area contributed by atoms with Crippen LogP contribution in [0.25, 0.3) is 0 Å². The van der Waals surface area contributed by atoms with E-state index in [1.54, 1.807) is 0 Å². The number of aliphatic carboxylic acids is 1. The van der Waals surface area contributed by atoms with E-state index in [9.17, 15) is 14.7 Å². The van der Waals surface area contributed by atoms with E-state index < -0.39 is 11.5 Å². The molecule has 2 aliphatic rings. The van der Waals surface area contributed by atoms with E-state index in [4.69, 9.17) is 4.74 Å². The number of amides is 1. The number of rotatable bonds is 4. The summed E-state index contributed by atoms with van der Waals surface area (Å²) in [7, 11) is 0. The molecule has 1 saturated carbocycles. The number of carboxylic acids is 1. The summed E-state index contributed by atoms with van der Waals surface area (Å²) >= 11 is 0. The van der Waals surface area contributed by atoms with Crippen LogP contribution in [0.5, 0.6) is 0 Å². The van der Waals surface area contributed by atoms with Crippen molar-refractivity contribution in [3.05, 3.63) is 0 Å². The largest absolute Gasteiger partial charge is 0.480 e. The fourth-order valence-electron chi connectivity index (χ4n) is 3.50. The normalized spacial score (nSPS) is 24.8. The molecule has 0 radical (unpaired) electrons. The lowest BCUT2D eigenvalue weighted by Crippen LogP contribution is -2.56. The molecule has 2 rings (SSSR count). The number of carboxylic acid groups (broad SMARTS) is 1. The highest BCUT2D eigenvalue weighted by Crippen LogP contribution is 2.29. The van der Waals surface area contributed by atoms with Gasteiger partial charge >= 0.3 is 5.97 Å². The van der Waals surface area contributed by atoms with Gasteiger partial charge in [-0.05, 0) is 31.6 Å². The minimum atomic E-state index is -1.05. The lowest BCUT2D eigenvalue weighted by Gasteiger charge is -2.33. The second-order valence-corrected chi connectivity index (χ2v) is 6.53. The molecule has 0 bridgehead atoms. The second-order valence-electron chi connectivity index (χ2n) is 6.53.